The highest BCUT2D eigenvalue weighted by Gasteiger charge is 2.35. The monoisotopic (exact) mass is 496 g/mol. The first-order chi connectivity index (χ1) is 16.6. The third kappa shape index (κ3) is 6.65. The molecule has 0 saturated carbocycles. The molecule has 0 aliphatic carbocycles. The van der Waals surface area contributed by atoms with E-state index in [2.05, 4.69) is 9.47 Å². The Labute approximate surface area is 196 Å². The molecule has 0 N–H and O–H groups in total. The average Bonchev–Trinajstić information content (AvgIpc) is 2.78. The van der Waals surface area contributed by atoms with E-state index in [1.807, 2.05) is 19.1 Å². The summed E-state index contributed by atoms with van der Waals surface area (Å²) in [5.74, 6) is -5.14. The fraction of sp³-hybridized carbons (Fsp3) is 0.154. The number of ether oxygens (including phenoxy) is 2. The summed E-state index contributed by atoms with van der Waals surface area (Å²) in [5, 5.41) is 0. The van der Waals surface area contributed by atoms with Gasteiger partial charge in [0.2, 0.25) is 0 Å². The molecule has 2 nitrogen and oxygen atoms in total. The Balaban J connectivity index is 1.81. The van der Waals surface area contributed by atoms with Gasteiger partial charge in [-0.15, -0.1) is 0 Å². The third-order valence-corrected chi connectivity index (χ3v) is 4.80. The summed E-state index contributed by atoms with van der Waals surface area (Å²) in [5.41, 5.74) is -0.740. The summed E-state index contributed by atoms with van der Waals surface area (Å²) in [6.07, 6.45) is -0.826. The lowest BCUT2D eigenvalue weighted by molar-refractivity contribution is -0.185. The smallest absolute Gasteiger partial charge is 0.426 e. The quantitative estimate of drug-likeness (QED) is 0.168. The molecular weight excluding hydrogens is 477 g/mol. The predicted octanol–water partition coefficient (Wildman–Crippen LogP) is 8.52. The molecular formula is C26H19F7O2. The molecule has 0 radical (unpaired) electrons. The van der Waals surface area contributed by atoms with Crippen LogP contribution < -0.4 is 9.47 Å². The second kappa shape index (κ2) is 11.1. The number of hydrogen-bond donors (Lipinski definition) is 0. The maximum Gasteiger partial charge on any atom is 0.426 e. The summed E-state index contributed by atoms with van der Waals surface area (Å²) in [4.78, 5) is 0. The summed E-state index contributed by atoms with van der Waals surface area (Å²) < 4.78 is 106. The van der Waals surface area contributed by atoms with E-state index in [1.54, 1.807) is 0 Å². The second-order valence-corrected chi connectivity index (χ2v) is 7.33. The van der Waals surface area contributed by atoms with Crippen molar-refractivity contribution in [2.45, 2.75) is 25.9 Å². The van der Waals surface area contributed by atoms with E-state index >= 15 is 0 Å². The maximum atomic E-state index is 14.6. The van der Waals surface area contributed by atoms with Crippen molar-refractivity contribution in [3.63, 3.8) is 0 Å². The Kier molecular flexibility index (Phi) is 8.22. The summed E-state index contributed by atoms with van der Waals surface area (Å²) in [6, 6.07) is 8.97. The van der Waals surface area contributed by atoms with E-state index in [-0.39, 0.29) is 11.8 Å². The van der Waals surface area contributed by atoms with Gasteiger partial charge >= 0.3 is 12.2 Å². The van der Waals surface area contributed by atoms with Gasteiger partial charge in [0, 0.05) is 12.1 Å². The Morgan fingerprint density at radius 1 is 0.857 bits per heavy atom. The molecule has 0 saturated heterocycles. The number of halogens is 7. The second-order valence-electron chi connectivity index (χ2n) is 7.33. The molecule has 0 atom stereocenters. The van der Waals surface area contributed by atoms with E-state index in [9.17, 15) is 30.7 Å². The fourth-order valence-electron chi connectivity index (χ4n) is 3.17. The molecule has 0 unspecified atom stereocenters. The van der Waals surface area contributed by atoms with E-state index in [4.69, 9.17) is 0 Å². The van der Waals surface area contributed by atoms with Crippen LogP contribution in [0.4, 0.5) is 30.7 Å². The third-order valence-electron chi connectivity index (χ3n) is 4.80. The molecule has 0 aromatic heterocycles. The first-order valence-electron chi connectivity index (χ1n) is 10.4. The minimum atomic E-state index is -3.89. The average molecular weight is 496 g/mol. The molecule has 184 valence electrons. The Morgan fingerprint density at radius 3 is 2.09 bits per heavy atom. The Morgan fingerprint density at radius 2 is 1.51 bits per heavy atom. The topological polar surface area (TPSA) is 18.5 Å². The molecule has 0 aliphatic rings. The van der Waals surface area contributed by atoms with E-state index in [0.717, 1.165) is 36.2 Å². The highest BCUT2D eigenvalue weighted by atomic mass is 19.3. The zero-order valence-electron chi connectivity index (χ0n) is 18.3. The van der Waals surface area contributed by atoms with Gasteiger partial charge in [-0.25, -0.2) is 13.2 Å². The predicted molar refractivity (Wildman–Crippen MR) is 117 cm³/mol. The Bertz CT molecular complexity index is 1210. The van der Waals surface area contributed by atoms with Crippen LogP contribution in [0.25, 0.3) is 11.1 Å². The van der Waals surface area contributed by atoms with Crippen LogP contribution in [0.2, 0.25) is 0 Å². The van der Waals surface area contributed by atoms with Gasteiger partial charge in [0.05, 0.1) is 11.1 Å². The van der Waals surface area contributed by atoms with Crippen molar-refractivity contribution < 1.29 is 40.2 Å². The number of rotatable bonds is 9. The molecule has 9 heteroatoms. The molecule has 3 rings (SSSR count). The van der Waals surface area contributed by atoms with Crippen molar-refractivity contribution in [3.8, 4) is 22.6 Å². The number of benzene rings is 3. The first kappa shape index (κ1) is 25.9. The molecule has 0 fully saturated rings. The van der Waals surface area contributed by atoms with Crippen LogP contribution in [0.3, 0.4) is 0 Å². The van der Waals surface area contributed by atoms with E-state index in [1.165, 1.54) is 12.1 Å². The van der Waals surface area contributed by atoms with Crippen LogP contribution >= 0.6 is 0 Å². The van der Waals surface area contributed by atoms with Crippen molar-refractivity contribution in [2.24, 2.45) is 0 Å². The van der Waals surface area contributed by atoms with E-state index < -0.39 is 52.3 Å². The molecule has 35 heavy (non-hydrogen) atoms. The van der Waals surface area contributed by atoms with Gasteiger partial charge in [0.1, 0.15) is 17.4 Å². The van der Waals surface area contributed by atoms with Crippen molar-refractivity contribution in [3.05, 3.63) is 108 Å². The van der Waals surface area contributed by atoms with Gasteiger partial charge < -0.3 is 9.47 Å². The molecule has 0 bridgehead atoms. The van der Waals surface area contributed by atoms with Crippen LogP contribution in [-0.2, 0) is 12.5 Å². The summed E-state index contributed by atoms with van der Waals surface area (Å²) in [6.45, 7) is 1.97. The van der Waals surface area contributed by atoms with Gasteiger partial charge in [-0.3, -0.25) is 0 Å². The summed E-state index contributed by atoms with van der Waals surface area (Å²) >= 11 is 0. The summed E-state index contributed by atoms with van der Waals surface area (Å²) in [7, 11) is 0. The maximum absolute atomic E-state index is 14.6. The van der Waals surface area contributed by atoms with Crippen molar-refractivity contribution in [1.29, 1.82) is 0 Å². The highest BCUT2D eigenvalue weighted by molar-refractivity contribution is 5.67. The molecule has 3 aromatic carbocycles. The van der Waals surface area contributed by atoms with Crippen molar-refractivity contribution in [2.75, 3.05) is 0 Å². The highest BCUT2D eigenvalue weighted by Crippen LogP contribution is 2.36. The standard InChI is InChI=1S/C26H19F7O2/c1-2-3-4-5-16-6-9-18(10-7-16)26(32,33)35-19-13-21(28)25(22(29)14-19)17-8-11-23(20(27)12-17)34-15-24(30)31/h3-4,6-15H,2,5H2,1H3. The van der Waals surface area contributed by atoms with Crippen LogP contribution in [-0.4, -0.2) is 0 Å². The van der Waals surface area contributed by atoms with Crippen LogP contribution in [0.5, 0.6) is 11.5 Å². The zero-order chi connectivity index (χ0) is 25.6. The SMILES string of the molecule is CCC=CCc1ccc(C(F)(F)Oc2cc(F)c(-c3ccc(OC=C(F)F)c(F)c3)c(F)c2)cc1. The van der Waals surface area contributed by atoms with Crippen molar-refractivity contribution >= 4 is 0 Å². The van der Waals surface area contributed by atoms with Gasteiger partial charge in [0.25, 0.3) is 0 Å². The molecule has 0 aliphatic heterocycles. The first-order valence-corrected chi connectivity index (χ1v) is 10.4. The lowest BCUT2D eigenvalue weighted by Gasteiger charge is -2.19. The van der Waals surface area contributed by atoms with Crippen molar-refractivity contribution in [1.82, 2.24) is 0 Å². The lowest BCUT2D eigenvalue weighted by atomic mass is 10.0. The van der Waals surface area contributed by atoms with Crippen LogP contribution in [0.1, 0.15) is 24.5 Å². The molecule has 3 aromatic rings. The van der Waals surface area contributed by atoms with Gasteiger partial charge in [-0.1, -0.05) is 37.3 Å². The molecule has 0 amide bonds. The van der Waals surface area contributed by atoms with Gasteiger partial charge in [-0.2, -0.15) is 17.6 Å². The molecule has 0 heterocycles. The normalized spacial score (nSPS) is 11.5. The molecule has 0 spiro atoms. The van der Waals surface area contributed by atoms with E-state index in [0.29, 0.717) is 24.6 Å². The fourth-order valence-corrected chi connectivity index (χ4v) is 3.17. The number of allylic oxidation sites excluding steroid dienone is 2. The van der Waals surface area contributed by atoms with Crippen LogP contribution in [0.15, 0.2) is 79.1 Å². The minimum Gasteiger partial charge on any atom is -0.456 e. The number of hydrogen-bond acceptors (Lipinski definition) is 2. The van der Waals surface area contributed by atoms with Gasteiger partial charge in [0.15, 0.2) is 17.8 Å². The van der Waals surface area contributed by atoms with Crippen LogP contribution in [0, 0.1) is 17.5 Å². The lowest BCUT2D eigenvalue weighted by Crippen LogP contribution is -2.22. The van der Waals surface area contributed by atoms with Gasteiger partial charge in [-0.05, 0) is 48.2 Å². The largest absolute Gasteiger partial charge is 0.456 e. The Hall–Kier alpha value is -3.75. The number of alkyl halides is 2. The minimum absolute atomic E-state index is 0.00259. The zero-order valence-corrected chi connectivity index (χ0v) is 18.3.